The van der Waals surface area contributed by atoms with Gasteiger partial charge in [0.1, 0.15) is 6.33 Å². The molecule has 0 bridgehead atoms. The molecular weight excluding hydrogens is 200 g/mol. The Morgan fingerprint density at radius 2 is 2.12 bits per heavy atom. The fourth-order valence-electron chi connectivity index (χ4n) is 1.86. The molecule has 0 aromatic carbocycles. The summed E-state index contributed by atoms with van der Waals surface area (Å²) in [5, 5.41) is 3.43. The van der Waals surface area contributed by atoms with Gasteiger partial charge in [0.15, 0.2) is 0 Å². The largest absolute Gasteiger partial charge is 0.311 e. The molecule has 1 N–H and O–H groups in total. The smallest absolute Gasteiger partial charge is 0.115 e. The van der Waals surface area contributed by atoms with E-state index in [1.807, 2.05) is 6.07 Å². The lowest BCUT2D eigenvalue weighted by molar-refractivity contribution is 0.232. The zero-order chi connectivity index (χ0) is 12.0. The third kappa shape index (κ3) is 5.19. The average Bonchev–Trinajstić information content (AvgIpc) is 2.16. The molecule has 0 aliphatic heterocycles. The first-order valence-corrected chi connectivity index (χ1v) is 5.60. The molecule has 1 heterocycles. The number of aromatic nitrogens is 2. The Morgan fingerprint density at radius 3 is 2.69 bits per heavy atom. The zero-order valence-electron chi connectivity index (χ0n) is 10.7. The molecule has 0 spiro atoms. The van der Waals surface area contributed by atoms with E-state index in [-0.39, 0.29) is 5.41 Å². The fourth-order valence-corrected chi connectivity index (χ4v) is 1.86. The van der Waals surface area contributed by atoms with Crippen molar-refractivity contribution in [1.29, 1.82) is 0 Å². The number of hydrogen-bond acceptors (Lipinski definition) is 4. The molecule has 0 radical (unpaired) electrons. The Labute approximate surface area is 98.1 Å². The van der Waals surface area contributed by atoms with Gasteiger partial charge in [-0.05, 0) is 25.6 Å². The van der Waals surface area contributed by atoms with Crippen molar-refractivity contribution < 1.29 is 0 Å². The first-order valence-electron chi connectivity index (χ1n) is 5.60. The number of hydrogen-bond donors (Lipinski definition) is 1. The van der Waals surface area contributed by atoms with Crippen LogP contribution in [0.5, 0.6) is 0 Å². The molecule has 0 fully saturated rings. The summed E-state index contributed by atoms with van der Waals surface area (Å²) in [6.45, 7) is 7.39. The van der Waals surface area contributed by atoms with E-state index in [1.165, 1.54) is 0 Å². The summed E-state index contributed by atoms with van der Waals surface area (Å²) in [5.74, 6) is 0. The standard InChI is InChI=1S/C12H22N4/c1-12(2,9-16(3)4)8-14-7-11-5-6-13-10-15-11/h5-6,10,14H,7-9H2,1-4H3. The topological polar surface area (TPSA) is 41.0 Å². The van der Waals surface area contributed by atoms with E-state index in [0.717, 1.165) is 25.3 Å². The van der Waals surface area contributed by atoms with Crippen molar-refractivity contribution in [3.05, 3.63) is 24.3 Å². The third-order valence-corrected chi connectivity index (χ3v) is 2.30. The third-order valence-electron chi connectivity index (χ3n) is 2.30. The Bertz CT molecular complexity index is 295. The van der Waals surface area contributed by atoms with Crippen LogP contribution >= 0.6 is 0 Å². The van der Waals surface area contributed by atoms with E-state index in [4.69, 9.17) is 0 Å². The van der Waals surface area contributed by atoms with Gasteiger partial charge < -0.3 is 10.2 Å². The van der Waals surface area contributed by atoms with Crippen LogP contribution in [0.4, 0.5) is 0 Å². The second-order valence-corrected chi connectivity index (χ2v) is 5.21. The Kier molecular flexibility index (Phi) is 4.83. The summed E-state index contributed by atoms with van der Waals surface area (Å²) in [4.78, 5) is 10.3. The molecule has 0 aliphatic carbocycles. The Morgan fingerprint density at radius 1 is 1.38 bits per heavy atom. The Hall–Kier alpha value is -1.00. The van der Waals surface area contributed by atoms with Crippen LogP contribution < -0.4 is 5.32 Å². The van der Waals surface area contributed by atoms with E-state index in [2.05, 4.69) is 48.1 Å². The van der Waals surface area contributed by atoms with Crippen LogP contribution in [0.15, 0.2) is 18.6 Å². The van der Waals surface area contributed by atoms with Crippen molar-refractivity contribution in [1.82, 2.24) is 20.2 Å². The van der Waals surface area contributed by atoms with Crippen LogP contribution in [0.1, 0.15) is 19.5 Å². The molecule has 4 nitrogen and oxygen atoms in total. The predicted octanol–water partition coefficient (Wildman–Crippen LogP) is 1.15. The van der Waals surface area contributed by atoms with Crippen molar-refractivity contribution in [3.63, 3.8) is 0 Å². The second-order valence-electron chi connectivity index (χ2n) is 5.21. The van der Waals surface area contributed by atoms with Crippen LogP contribution in [0.2, 0.25) is 0 Å². The van der Waals surface area contributed by atoms with Crippen molar-refractivity contribution in [2.45, 2.75) is 20.4 Å². The van der Waals surface area contributed by atoms with Gasteiger partial charge in [-0.1, -0.05) is 13.8 Å². The summed E-state index contributed by atoms with van der Waals surface area (Å²) < 4.78 is 0. The monoisotopic (exact) mass is 222 g/mol. The van der Waals surface area contributed by atoms with Gasteiger partial charge in [0.2, 0.25) is 0 Å². The van der Waals surface area contributed by atoms with Gasteiger partial charge in [-0.3, -0.25) is 0 Å². The van der Waals surface area contributed by atoms with Crippen molar-refractivity contribution in [2.75, 3.05) is 27.2 Å². The van der Waals surface area contributed by atoms with E-state index in [0.29, 0.717) is 0 Å². The highest BCUT2D eigenvalue weighted by Gasteiger charge is 2.17. The molecule has 0 unspecified atom stereocenters. The highest BCUT2D eigenvalue weighted by molar-refractivity contribution is 4.97. The van der Waals surface area contributed by atoms with Crippen molar-refractivity contribution in [2.24, 2.45) is 5.41 Å². The molecule has 1 aromatic rings. The highest BCUT2D eigenvalue weighted by atomic mass is 15.1. The molecule has 0 atom stereocenters. The number of rotatable bonds is 6. The minimum atomic E-state index is 0.274. The molecule has 0 aliphatic rings. The summed E-state index contributed by atoms with van der Waals surface area (Å²) in [6, 6.07) is 1.94. The summed E-state index contributed by atoms with van der Waals surface area (Å²) in [5.41, 5.74) is 1.31. The molecule has 0 saturated carbocycles. The molecule has 1 rings (SSSR count). The van der Waals surface area contributed by atoms with E-state index in [9.17, 15) is 0 Å². The van der Waals surface area contributed by atoms with Gasteiger partial charge in [0, 0.05) is 25.8 Å². The van der Waals surface area contributed by atoms with Gasteiger partial charge in [-0.25, -0.2) is 9.97 Å². The lowest BCUT2D eigenvalue weighted by Crippen LogP contribution is -2.37. The zero-order valence-corrected chi connectivity index (χ0v) is 10.7. The SMILES string of the molecule is CN(C)CC(C)(C)CNCc1ccncn1. The van der Waals surface area contributed by atoms with Gasteiger partial charge in [0.25, 0.3) is 0 Å². The second kappa shape index (κ2) is 5.92. The molecule has 90 valence electrons. The maximum atomic E-state index is 4.18. The van der Waals surface area contributed by atoms with Gasteiger partial charge in [-0.15, -0.1) is 0 Å². The van der Waals surface area contributed by atoms with Crippen LogP contribution in [0.25, 0.3) is 0 Å². The molecule has 0 amide bonds. The Balaban J connectivity index is 2.30. The molecular formula is C12H22N4. The predicted molar refractivity (Wildman–Crippen MR) is 66.1 cm³/mol. The van der Waals surface area contributed by atoms with Crippen molar-refractivity contribution in [3.8, 4) is 0 Å². The van der Waals surface area contributed by atoms with Crippen LogP contribution in [-0.4, -0.2) is 42.1 Å². The van der Waals surface area contributed by atoms with E-state index in [1.54, 1.807) is 12.5 Å². The maximum Gasteiger partial charge on any atom is 0.115 e. The fraction of sp³-hybridized carbons (Fsp3) is 0.667. The first-order chi connectivity index (χ1) is 7.49. The number of nitrogens with one attached hydrogen (secondary N) is 1. The molecule has 4 heteroatoms. The average molecular weight is 222 g/mol. The molecule has 1 aromatic heterocycles. The lowest BCUT2D eigenvalue weighted by atomic mass is 9.93. The van der Waals surface area contributed by atoms with Crippen LogP contribution in [0, 0.1) is 5.41 Å². The molecule has 0 saturated heterocycles. The van der Waals surface area contributed by atoms with Gasteiger partial charge >= 0.3 is 0 Å². The normalized spacial score (nSPS) is 12.1. The highest BCUT2D eigenvalue weighted by Crippen LogP contribution is 2.14. The minimum Gasteiger partial charge on any atom is -0.311 e. The molecule has 16 heavy (non-hydrogen) atoms. The first kappa shape index (κ1) is 13.1. The van der Waals surface area contributed by atoms with Crippen molar-refractivity contribution >= 4 is 0 Å². The van der Waals surface area contributed by atoms with Gasteiger partial charge in [-0.2, -0.15) is 0 Å². The number of nitrogens with zero attached hydrogens (tertiary/aromatic N) is 3. The van der Waals surface area contributed by atoms with Crippen LogP contribution in [-0.2, 0) is 6.54 Å². The summed E-state index contributed by atoms with van der Waals surface area (Å²) in [6.07, 6.45) is 3.36. The van der Waals surface area contributed by atoms with E-state index >= 15 is 0 Å². The lowest BCUT2D eigenvalue weighted by Gasteiger charge is -2.28. The minimum absolute atomic E-state index is 0.274. The van der Waals surface area contributed by atoms with Crippen LogP contribution in [0.3, 0.4) is 0 Å². The maximum absolute atomic E-state index is 4.18. The van der Waals surface area contributed by atoms with Gasteiger partial charge in [0.05, 0.1) is 5.69 Å². The van der Waals surface area contributed by atoms with E-state index < -0.39 is 0 Å². The summed E-state index contributed by atoms with van der Waals surface area (Å²) in [7, 11) is 4.21. The summed E-state index contributed by atoms with van der Waals surface area (Å²) >= 11 is 0. The quantitative estimate of drug-likeness (QED) is 0.784.